The summed E-state index contributed by atoms with van der Waals surface area (Å²) in [5, 5.41) is 0. The molecule has 27 heavy (non-hydrogen) atoms. The summed E-state index contributed by atoms with van der Waals surface area (Å²) in [6, 6.07) is 21.7. The van der Waals surface area contributed by atoms with Crippen molar-refractivity contribution in [3.8, 4) is 17.1 Å². The molecular weight excluding hydrogens is 338 g/mol. The molecule has 0 aliphatic heterocycles. The van der Waals surface area contributed by atoms with E-state index in [9.17, 15) is 4.79 Å². The molecule has 0 spiro atoms. The molecule has 0 fully saturated rings. The molecule has 0 radical (unpaired) electrons. The predicted octanol–water partition coefficient (Wildman–Crippen LogP) is 5.11. The molecule has 0 bridgehead atoms. The van der Waals surface area contributed by atoms with Crippen molar-refractivity contribution in [2.45, 2.75) is 25.8 Å². The minimum atomic E-state index is 0.0464. The Morgan fingerprint density at radius 3 is 2.41 bits per heavy atom. The molecule has 0 aliphatic rings. The Morgan fingerprint density at radius 2 is 1.74 bits per heavy atom. The number of benzene rings is 2. The van der Waals surface area contributed by atoms with E-state index in [4.69, 9.17) is 9.15 Å². The lowest BCUT2D eigenvalue weighted by atomic mass is 10.1. The van der Waals surface area contributed by atoms with Crippen molar-refractivity contribution in [2.24, 2.45) is 0 Å². The Balaban J connectivity index is 1.58. The third-order valence-corrected chi connectivity index (χ3v) is 4.88. The average Bonchev–Trinajstić information content (AvgIpc) is 3.20. The van der Waals surface area contributed by atoms with Crippen LogP contribution in [-0.4, -0.2) is 25.0 Å². The van der Waals surface area contributed by atoms with Crippen LogP contribution in [0.1, 0.15) is 30.7 Å². The van der Waals surface area contributed by atoms with Crippen LogP contribution < -0.4 is 4.74 Å². The number of methoxy groups -OCH3 is 1. The molecule has 3 rings (SSSR count). The molecule has 3 aromatic rings. The third-order valence-electron chi connectivity index (χ3n) is 4.88. The standard InChI is InChI=1S/C23H25NO3/c1-17(18-7-5-4-6-8-18)24(2)23(25)16-14-21-13-15-22(27-21)19-9-11-20(26-3)12-10-19/h4-13,15,17H,14,16H2,1-3H3. The van der Waals surface area contributed by atoms with E-state index < -0.39 is 0 Å². The Bertz CT molecular complexity index is 868. The van der Waals surface area contributed by atoms with Gasteiger partial charge in [0.05, 0.1) is 13.2 Å². The fourth-order valence-electron chi connectivity index (χ4n) is 3.00. The van der Waals surface area contributed by atoms with Crippen molar-refractivity contribution in [1.29, 1.82) is 0 Å². The number of furan rings is 1. The number of carbonyl (C=O) groups is 1. The first-order valence-corrected chi connectivity index (χ1v) is 9.12. The normalized spacial score (nSPS) is 11.8. The molecule has 1 amide bonds. The number of nitrogens with zero attached hydrogens (tertiary/aromatic N) is 1. The zero-order valence-electron chi connectivity index (χ0n) is 16.0. The second kappa shape index (κ2) is 8.58. The smallest absolute Gasteiger partial charge is 0.223 e. The highest BCUT2D eigenvalue weighted by Crippen LogP contribution is 2.25. The van der Waals surface area contributed by atoms with E-state index in [2.05, 4.69) is 0 Å². The van der Waals surface area contributed by atoms with Gasteiger partial charge in [0.2, 0.25) is 5.91 Å². The predicted molar refractivity (Wildman–Crippen MR) is 107 cm³/mol. The SMILES string of the molecule is COc1ccc(-c2ccc(CCC(=O)N(C)C(C)c3ccccc3)o2)cc1. The molecular formula is C23H25NO3. The van der Waals surface area contributed by atoms with Crippen LogP contribution in [-0.2, 0) is 11.2 Å². The summed E-state index contributed by atoms with van der Waals surface area (Å²) < 4.78 is 11.1. The second-order valence-electron chi connectivity index (χ2n) is 6.59. The Hall–Kier alpha value is -3.01. The summed E-state index contributed by atoms with van der Waals surface area (Å²) in [4.78, 5) is 14.3. The number of carbonyl (C=O) groups excluding carboxylic acids is 1. The van der Waals surface area contributed by atoms with Gasteiger partial charge in [-0.25, -0.2) is 0 Å². The van der Waals surface area contributed by atoms with Crippen molar-refractivity contribution in [2.75, 3.05) is 14.2 Å². The van der Waals surface area contributed by atoms with Crippen molar-refractivity contribution >= 4 is 5.91 Å². The van der Waals surface area contributed by atoms with Crippen LogP contribution in [0.2, 0.25) is 0 Å². The highest BCUT2D eigenvalue weighted by molar-refractivity contribution is 5.76. The first-order valence-electron chi connectivity index (χ1n) is 9.12. The summed E-state index contributed by atoms with van der Waals surface area (Å²) in [6.45, 7) is 2.04. The van der Waals surface area contributed by atoms with E-state index in [0.29, 0.717) is 12.8 Å². The molecule has 1 aromatic heterocycles. The van der Waals surface area contributed by atoms with Gasteiger partial charge in [0.15, 0.2) is 0 Å². The number of ether oxygens (including phenoxy) is 1. The maximum atomic E-state index is 12.5. The van der Waals surface area contributed by atoms with Gasteiger partial charge in [0.1, 0.15) is 17.3 Å². The number of aryl methyl sites for hydroxylation is 1. The van der Waals surface area contributed by atoms with Crippen molar-refractivity contribution in [1.82, 2.24) is 4.90 Å². The van der Waals surface area contributed by atoms with Crippen LogP contribution in [0.15, 0.2) is 71.1 Å². The Morgan fingerprint density at radius 1 is 1.04 bits per heavy atom. The number of amides is 1. The molecule has 2 aromatic carbocycles. The fourth-order valence-corrected chi connectivity index (χ4v) is 3.00. The van der Waals surface area contributed by atoms with E-state index in [1.807, 2.05) is 80.7 Å². The van der Waals surface area contributed by atoms with Gasteiger partial charge in [-0.15, -0.1) is 0 Å². The van der Waals surface area contributed by atoms with Gasteiger partial charge in [-0.3, -0.25) is 4.79 Å². The largest absolute Gasteiger partial charge is 0.497 e. The molecule has 0 aliphatic carbocycles. The summed E-state index contributed by atoms with van der Waals surface area (Å²) in [5.74, 6) is 2.53. The van der Waals surface area contributed by atoms with E-state index in [1.165, 1.54) is 0 Å². The van der Waals surface area contributed by atoms with Crippen LogP contribution in [0.5, 0.6) is 5.75 Å². The topological polar surface area (TPSA) is 42.7 Å². The number of hydrogen-bond donors (Lipinski definition) is 0. The van der Waals surface area contributed by atoms with Gasteiger partial charge >= 0.3 is 0 Å². The van der Waals surface area contributed by atoms with Gasteiger partial charge < -0.3 is 14.1 Å². The second-order valence-corrected chi connectivity index (χ2v) is 6.59. The molecule has 4 nitrogen and oxygen atoms in total. The maximum Gasteiger partial charge on any atom is 0.223 e. The summed E-state index contributed by atoms with van der Waals surface area (Å²) in [6.07, 6.45) is 1.00. The third kappa shape index (κ3) is 4.59. The van der Waals surface area contributed by atoms with Gasteiger partial charge in [-0.05, 0) is 48.9 Å². The molecule has 4 heteroatoms. The Kier molecular flexibility index (Phi) is 5.97. The summed E-state index contributed by atoms with van der Waals surface area (Å²) in [5.41, 5.74) is 2.12. The van der Waals surface area contributed by atoms with Crippen LogP contribution in [0.4, 0.5) is 0 Å². The first kappa shape index (κ1) is 18.8. The molecule has 1 unspecified atom stereocenters. The molecule has 1 heterocycles. The fraction of sp³-hybridized carbons (Fsp3) is 0.261. The van der Waals surface area contributed by atoms with E-state index >= 15 is 0 Å². The van der Waals surface area contributed by atoms with Crippen LogP contribution in [0.3, 0.4) is 0 Å². The van der Waals surface area contributed by atoms with Gasteiger partial charge in [-0.1, -0.05) is 30.3 Å². The molecule has 0 saturated heterocycles. The molecule has 1 atom stereocenters. The average molecular weight is 363 g/mol. The zero-order valence-corrected chi connectivity index (χ0v) is 16.0. The van der Waals surface area contributed by atoms with Crippen LogP contribution >= 0.6 is 0 Å². The number of rotatable bonds is 7. The summed E-state index contributed by atoms with van der Waals surface area (Å²) >= 11 is 0. The van der Waals surface area contributed by atoms with E-state index in [1.54, 1.807) is 12.0 Å². The lowest BCUT2D eigenvalue weighted by molar-refractivity contribution is -0.131. The van der Waals surface area contributed by atoms with Crippen molar-refractivity contribution in [3.63, 3.8) is 0 Å². The molecule has 0 N–H and O–H groups in total. The quantitative estimate of drug-likeness (QED) is 0.586. The van der Waals surface area contributed by atoms with Gasteiger partial charge in [-0.2, -0.15) is 0 Å². The highest BCUT2D eigenvalue weighted by atomic mass is 16.5. The minimum absolute atomic E-state index is 0.0464. The minimum Gasteiger partial charge on any atom is -0.497 e. The van der Waals surface area contributed by atoms with Gasteiger partial charge in [0, 0.05) is 25.5 Å². The highest BCUT2D eigenvalue weighted by Gasteiger charge is 2.17. The first-order chi connectivity index (χ1) is 13.1. The van der Waals surface area contributed by atoms with Crippen LogP contribution in [0.25, 0.3) is 11.3 Å². The van der Waals surface area contributed by atoms with Crippen molar-refractivity contribution in [3.05, 3.63) is 78.1 Å². The number of hydrogen-bond acceptors (Lipinski definition) is 3. The van der Waals surface area contributed by atoms with Crippen molar-refractivity contribution < 1.29 is 13.9 Å². The Labute approximate surface area is 160 Å². The lowest BCUT2D eigenvalue weighted by Crippen LogP contribution is -2.29. The van der Waals surface area contributed by atoms with Crippen LogP contribution in [0, 0.1) is 0 Å². The summed E-state index contributed by atoms with van der Waals surface area (Å²) in [7, 11) is 3.50. The van der Waals surface area contributed by atoms with E-state index in [-0.39, 0.29) is 11.9 Å². The molecule has 0 saturated carbocycles. The monoisotopic (exact) mass is 363 g/mol. The lowest BCUT2D eigenvalue weighted by Gasteiger charge is -2.25. The zero-order chi connectivity index (χ0) is 19.2. The molecule has 140 valence electrons. The maximum absolute atomic E-state index is 12.5. The van der Waals surface area contributed by atoms with E-state index in [0.717, 1.165) is 28.4 Å². The van der Waals surface area contributed by atoms with Gasteiger partial charge in [0.25, 0.3) is 0 Å².